The first-order valence-corrected chi connectivity index (χ1v) is 9.58. The van der Waals surface area contributed by atoms with Crippen molar-refractivity contribution in [1.82, 2.24) is 5.32 Å². The quantitative estimate of drug-likeness (QED) is 0.605. The van der Waals surface area contributed by atoms with Crippen LogP contribution >= 0.6 is 0 Å². The molecule has 7 nitrogen and oxygen atoms in total. The van der Waals surface area contributed by atoms with Crippen LogP contribution in [0.5, 0.6) is 5.75 Å². The van der Waals surface area contributed by atoms with Gasteiger partial charge in [0.2, 0.25) is 0 Å². The summed E-state index contributed by atoms with van der Waals surface area (Å²) in [6.45, 7) is 5.43. The number of carboxylic acid groups (broad SMARTS) is 1. The number of rotatable bonds is 10. The molecule has 7 heteroatoms. The summed E-state index contributed by atoms with van der Waals surface area (Å²) in [5, 5.41) is 12.5. The van der Waals surface area contributed by atoms with Gasteiger partial charge in [-0.25, -0.2) is 9.59 Å². The molecule has 0 spiro atoms. The van der Waals surface area contributed by atoms with Crippen molar-refractivity contribution in [3.8, 4) is 5.75 Å². The molecule has 0 saturated carbocycles. The first-order chi connectivity index (χ1) is 13.4. The Balaban J connectivity index is 2.14. The molecule has 1 aromatic carbocycles. The highest BCUT2D eigenvalue weighted by Crippen LogP contribution is 2.28. The van der Waals surface area contributed by atoms with E-state index in [0.717, 1.165) is 30.2 Å². The Morgan fingerprint density at radius 3 is 2.64 bits per heavy atom. The smallest absolute Gasteiger partial charge is 0.336 e. The SMILES string of the molecule is CCCCC(NC(=O)COc1ccc2c(CCC)cc(=O)oc2c1C)C(=O)O. The van der Waals surface area contributed by atoms with Crippen LogP contribution in [0.2, 0.25) is 0 Å². The Morgan fingerprint density at radius 2 is 2.00 bits per heavy atom. The van der Waals surface area contributed by atoms with Gasteiger partial charge in [0.15, 0.2) is 6.61 Å². The van der Waals surface area contributed by atoms with Crippen LogP contribution in [0.3, 0.4) is 0 Å². The number of ether oxygens (including phenoxy) is 1. The number of aryl methyl sites for hydroxylation is 2. The van der Waals surface area contributed by atoms with Gasteiger partial charge in [0.05, 0.1) is 0 Å². The zero-order valence-corrected chi connectivity index (χ0v) is 16.5. The number of fused-ring (bicyclic) bond motifs is 1. The second kappa shape index (κ2) is 9.92. The number of hydrogen-bond donors (Lipinski definition) is 2. The maximum absolute atomic E-state index is 12.1. The molecule has 0 bridgehead atoms. The largest absolute Gasteiger partial charge is 0.483 e. The molecule has 0 radical (unpaired) electrons. The average Bonchev–Trinajstić information content (AvgIpc) is 2.65. The molecule has 2 aromatic rings. The number of amides is 1. The molecule has 0 saturated heterocycles. The molecule has 1 amide bonds. The fraction of sp³-hybridized carbons (Fsp3) is 0.476. The zero-order valence-electron chi connectivity index (χ0n) is 16.5. The van der Waals surface area contributed by atoms with E-state index in [1.165, 1.54) is 6.07 Å². The topological polar surface area (TPSA) is 106 Å². The van der Waals surface area contributed by atoms with E-state index in [-0.39, 0.29) is 6.61 Å². The number of aliphatic carboxylic acids is 1. The molecule has 2 rings (SSSR count). The molecule has 2 N–H and O–H groups in total. The van der Waals surface area contributed by atoms with Crippen molar-refractivity contribution >= 4 is 22.8 Å². The third-order valence-corrected chi connectivity index (χ3v) is 4.55. The Kier molecular flexibility index (Phi) is 7.61. The second-order valence-corrected chi connectivity index (χ2v) is 6.80. The van der Waals surface area contributed by atoms with Gasteiger partial charge in [-0.1, -0.05) is 33.1 Å². The van der Waals surface area contributed by atoms with Crippen molar-refractivity contribution in [2.45, 2.75) is 58.9 Å². The first-order valence-electron chi connectivity index (χ1n) is 9.58. The lowest BCUT2D eigenvalue weighted by Gasteiger charge is -2.15. The Bertz CT molecular complexity index is 902. The fourth-order valence-electron chi connectivity index (χ4n) is 3.09. The molecular formula is C21H27NO6. The van der Waals surface area contributed by atoms with E-state index in [1.807, 2.05) is 19.9 Å². The molecular weight excluding hydrogens is 362 g/mol. The molecule has 1 atom stereocenters. The lowest BCUT2D eigenvalue weighted by atomic mass is 10.0. The van der Waals surface area contributed by atoms with E-state index < -0.39 is 23.5 Å². The standard InChI is InChI=1S/C21H27NO6/c1-4-6-8-16(21(25)26)22-18(23)12-27-17-10-9-15-14(7-5-2)11-19(24)28-20(15)13(17)3/h9-11,16H,4-8,12H2,1-3H3,(H,22,23)(H,25,26). The highest BCUT2D eigenvalue weighted by molar-refractivity contribution is 5.86. The van der Waals surface area contributed by atoms with Crippen LogP contribution in [0.1, 0.15) is 50.7 Å². The van der Waals surface area contributed by atoms with Gasteiger partial charge in [0, 0.05) is 17.0 Å². The Hall–Kier alpha value is -2.83. The van der Waals surface area contributed by atoms with E-state index in [0.29, 0.717) is 29.7 Å². The van der Waals surface area contributed by atoms with Crippen LogP contribution in [0.25, 0.3) is 11.0 Å². The Morgan fingerprint density at radius 1 is 1.25 bits per heavy atom. The van der Waals surface area contributed by atoms with Crippen molar-refractivity contribution in [3.05, 3.63) is 39.7 Å². The number of benzene rings is 1. The van der Waals surface area contributed by atoms with Crippen LogP contribution in [0.4, 0.5) is 0 Å². The van der Waals surface area contributed by atoms with E-state index in [2.05, 4.69) is 5.32 Å². The van der Waals surface area contributed by atoms with Gasteiger partial charge < -0.3 is 19.6 Å². The fourth-order valence-corrected chi connectivity index (χ4v) is 3.09. The van der Waals surface area contributed by atoms with Gasteiger partial charge in [-0.3, -0.25) is 4.79 Å². The molecule has 1 aromatic heterocycles. The average molecular weight is 389 g/mol. The third-order valence-electron chi connectivity index (χ3n) is 4.55. The highest BCUT2D eigenvalue weighted by Gasteiger charge is 2.20. The maximum Gasteiger partial charge on any atom is 0.336 e. The minimum absolute atomic E-state index is 0.318. The molecule has 152 valence electrons. The summed E-state index contributed by atoms with van der Waals surface area (Å²) in [5.74, 6) is -1.15. The summed E-state index contributed by atoms with van der Waals surface area (Å²) in [7, 11) is 0. The summed E-state index contributed by atoms with van der Waals surface area (Å²) in [6.07, 6.45) is 3.59. The second-order valence-electron chi connectivity index (χ2n) is 6.80. The normalized spacial score (nSPS) is 12.0. The number of nitrogens with one attached hydrogen (secondary N) is 1. The van der Waals surface area contributed by atoms with Gasteiger partial charge >= 0.3 is 11.6 Å². The number of carbonyl (C=O) groups is 2. The summed E-state index contributed by atoms with van der Waals surface area (Å²) < 4.78 is 10.9. The maximum atomic E-state index is 12.1. The van der Waals surface area contributed by atoms with Crippen LogP contribution in [0, 0.1) is 6.92 Å². The molecule has 28 heavy (non-hydrogen) atoms. The molecule has 0 aliphatic carbocycles. The summed E-state index contributed by atoms with van der Waals surface area (Å²) >= 11 is 0. The van der Waals surface area contributed by atoms with Crippen molar-refractivity contribution in [2.75, 3.05) is 6.61 Å². The van der Waals surface area contributed by atoms with Crippen molar-refractivity contribution in [2.24, 2.45) is 0 Å². The highest BCUT2D eigenvalue weighted by atomic mass is 16.5. The van der Waals surface area contributed by atoms with Crippen LogP contribution in [-0.4, -0.2) is 29.6 Å². The van der Waals surface area contributed by atoms with E-state index in [4.69, 9.17) is 9.15 Å². The van der Waals surface area contributed by atoms with Gasteiger partial charge in [0.25, 0.3) is 5.91 Å². The van der Waals surface area contributed by atoms with Gasteiger partial charge in [-0.15, -0.1) is 0 Å². The van der Waals surface area contributed by atoms with Crippen LogP contribution in [0.15, 0.2) is 27.4 Å². The van der Waals surface area contributed by atoms with Gasteiger partial charge in [0.1, 0.15) is 17.4 Å². The summed E-state index contributed by atoms with van der Waals surface area (Å²) in [5.41, 5.74) is 1.57. The van der Waals surface area contributed by atoms with E-state index in [9.17, 15) is 19.5 Å². The van der Waals surface area contributed by atoms with E-state index in [1.54, 1.807) is 13.0 Å². The minimum Gasteiger partial charge on any atom is -0.483 e. The van der Waals surface area contributed by atoms with Crippen molar-refractivity contribution < 1.29 is 23.8 Å². The van der Waals surface area contributed by atoms with Gasteiger partial charge in [-0.2, -0.15) is 0 Å². The molecule has 0 aliphatic rings. The number of unbranched alkanes of at least 4 members (excludes halogenated alkanes) is 1. The summed E-state index contributed by atoms with van der Waals surface area (Å²) in [4.78, 5) is 35.2. The predicted molar refractivity (Wildman–Crippen MR) is 106 cm³/mol. The Labute approximate surface area is 163 Å². The third kappa shape index (κ3) is 5.34. The number of carboxylic acids is 1. The van der Waals surface area contributed by atoms with E-state index >= 15 is 0 Å². The van der Waals surface area contributed by atoms with Crippen LogP contribution < -0.4 is 15.7 Å². The molecule has 1 unspecified atom stereocenters. The predicted octanol–water partition coefficient (Wildman–Crippen LogP) is 3.19. The van der Waals surface area contributed by atoms with Crippen LogP contribution in [-0.2, 0) is 16.0 Å². The molecule has 1 heterocycles. The lowest BCUT2D eigenvalue weighted by Crippen LogP contribution is -2.42. The zero-order chi connectivity index (χ0) is 20.7. The lowest BCUT2D eigenvalue weighted by molar-refractivity contribution is -0.142. The van der Waals surface area contributed by atoms with Crippen molar-refractivity contribution in [1.29, 1.82) is 0 Å². The molecule has 0 aliphatic heterocycles. The monoisotopic (exact) mass is 389 g/mol. The van der Waals surface area contributed by atoms with Crippen molar-refractivity contribution in [3.63, 3.8) is 0 Å². The summed E-state index contributed by atoms with van der Waals surface area (Å²) in [6, 6.07) is 4.12. The van der Waals surface area contributed by atoms with Gasteiger partial charge in [-0.05, 0) is 37.5 Å². The minimum atomic E-state index is -1.06. The first kappa shape index (κ1) is 21.5. The molecule has 0 fully saturated rings. The number of hydrogen-bond acceptors (Lipinski definition) is 5. The number of carbonyl (C=O) groups excluding carboxylic acids is 1.